The number of fused-ring (bicyclic) bond motifs is 1. The lowest BCUT2D eigenvalue weighted by atomic mass is 9.63. The van der Waals surface area contributed by atoms with Crippen LogP contribution < -0.4 is 20.1 Å². The number of methoxy groups -OCH3 is 2. The number of amides is 2. The Labute approximate surface area is 201 Å². The fourth-order valence-corrected chi connectivity index (χ4v) is 5.62. The highest BCUT2D eigenvalue weighted by Crippen LogP contribution is 2.49. The minimum absolute atomic E-state index is 0.0957. The summed E-state index contributed by atoms with van der Waals surface area (Å²) in [7, 11) is 5.28. The second kappa shape index (κ2) is 9.56. The molecular weight excluding hydrogens is 466 g/mol. The van der Waals surface area contributed by atoms with E-state index in [9.17, 15) is 22.4 Å². The van der Waals surface area contributed by atoms with Gasteiger partial charge in [-0.25, -0.2) is 9.18 Å². The van der Waals surface area contributed by atoms with Crippen molar-refractivity contribution in [3.63, 3.8) is 0 Å². The van der Waals surface area contributed by atoms with Crippen LogP contribution in [-0.2, 0) is 11.6 Å². The largest absolute Gasteiger partial charge is 0.493 e. The van der Waals surface area contributed by atoms with Crippen LogP contribution in [0.2, 0.25) is 0 Å². The number of anilines is 1. The molecule has 1 aliphatic carbocycles. The van der Waals surface area contributed by atoms with Gasteiger partial charge in [0.25, 0.3) is 0 Å². The Morgan fingerprint density at radius 1 is 1.11 bits per heavy atom. The molecule has 35 heavy (non-hydrogen) atoms. The van der Waals surface area contributed by atoms with E-state index < -0.39 is 23.6 Å². The maximum atomic E-state index is 13.5. The molecule has 0 bridgehead atoms. The SMILES string of the molecule is COc1ccc([C@]23CC[C@H](NC(=O)Nc4ccc(F)c(C(F)(F)F)c4)C[C@@H]2CN(C)C3)cc1OC. The van der Waals surface area contributed by atoms with E-state index in [2.05, 4.69) is 28.6 Å². The molecule has 0 radical (unpaired) electrons. The Morgan fingerprint density at radius 3 is 2.54 bits per heavy atom. The number of halogens is 4. The number of nitrogens with zero attached hydrogens (tertiary/aromatic N) is 1. The number of carbonyl (C=O) groups is 1. The van der Waals surface area contributed by atoms with Crippen LogP contribution in [0.5, 0.6) is 11.5 Å². The first kappa shape index (κ1) is 25.1. The average Bonchev–Trinajstić information content (AvgIpc) is 3.15. The first-order valence-electron chi connectivity index (χ1n) is 11.4. The minimum atomic E-state index is -4.84. The Balaban J connectivity index is 1.46. The first-order valence-corrected chi connectivity index (χ1v) is 11.4. The van der Waals surface area contributed by atoms with Gasteiger partial charge in [0.15, 0.2) is 11.5 Å². The molecule has 1 aliphatic heterocycles. The molecule has 2 aromatic rings. The predicted molar refractivity (Wildman–Crippen MR) is 123 cm³/mol. The van der Waals surface area contributed by atoms with E-state index in [4.69, 9.17) is 9.47 Å². The van der Waals surface area contributed by atoms with E-state index in [1.54, 1.807) is 14.2 Å². The molecule has 2 fully saturated rings. The van der Waals surface area contributed by atoms with Crippen molar-refractivity contribution in [2.24, 2.45) is 5.92 Å². The van der Waals surface area contributed by atoms with Gasteiger partial charge in [0, 0.05) is 30.2 Å². The summed E-state index contributed by atoms with van der Waals surface area (Å²) in [6.07, 6.45) is -2.58. The molecule has 2 aromatic carbocycles. The number of benzene rings is 2. The van der Waals surface area contributed by atoms with E-state index in [0.29, 0.717) is 30.1 Å². The molecule has 1 saturated carbocycles. The van der Waals surface area contributed by atoms with E-state index >= 15 is 0 Å². The molecule has 10 heteroatoms. The molecule has 2 N–H and O–H groups in total. The lowest BCUT2D eigenvalue weighted by Crippen LogP contribution is -2.48. The van der Waals surface area contributed by atoms with Crippen molar-refractivity contribution in [1.29, 1.82) is 0 Å². The van der Waals surface area contributed by atoms with Crippen LogP contribution in [0, 0.1) is 11.7 Å². The quantitative estimate of drug-likeness (QED) is 0.571. The molecule has 6 nitrogen and oxygen atoms in total. The van der Waals surface area contributed by atoms with Crippen LogP contribution >= 0.6 is 0 Å². The standard InChI is InChI=1S/C25H29F4N3O3/c1-32-13-16-10-18(31-23(33)30-17-5-6-20(26)19(12-17)25(27,28)29)8-9-24(16,14-32)15-4-7-21(34-2)22(11-15)35-3/h4-7,11-12,16,18H,8-10,13-14H2,1-3H3,(H2,30,31,33)/t16-,18+,24-/m1/s1. The second-order valence-electron chi connectivity index (χ2n) is 9.38. The maximum absolute atomic E-state index is 13.5. The van der Waals surface area contributed by atoms with E-state index in [0.717, 1.165) is 32.0 Å². The van der Waals surface area contributed by atoms with Crippen LogP contribution in [0.25, 0.3) is 0 Å². The summed E-state index contributed by atoms with van der Waals surface area (Å²) >= 11 is 0. The Bertz CT molecular complexity index is 1090. The van der Waals surface area contributed by atoms with E-state index in [1.807, 2.05) is 12.1 Å². The predicted octanol–water partition coefficient (Wildman–Crippen LogP) is 5.04. The lowest BCUT2D eigenvalue weighted by Gasteiger charge is -2.42. The van der Waals surface area contributed by atoms with Crippen molar-refractivity contribution in [1.82, 2.24) is 10.2 Å². The number of rotatable bonds is 5. The monoisotopic (exact) mass is 495 g/mol. The van der Waals surface area contributed by atoms with Gasteiger partial charge < -0.3 is 25.0 Å². The summed E-state index contributed by atoms with van der Waals surface area (Å²) in [6.45, 7) is 1.74. The molecular formula is C25H29F4N3O3. The van der Waals surface area contributed by atoms with Gasteiger partial charge in [0.1, 0.15) is 5.82 Å². The highest BCUT2D eigenvalue weighted by Gasteiger charge is 2.50. The highest BCUT2D eigenvalue weighted by molar-refractivity contribution is 5.89. The highest BCUT2D eigenvalue weighted by atomic mass is 19.4. The molecule has 0 aromatic heterocycles. The topological polar surface area (TPSA) is 62.8 Å². The maximum Gasteiger partial charge on any atom is 0.419 e. The number of likely N-dealkylation sites (tertiary alicyclic amines) is 1. The number of hydrogen-bond acceptors (Lipinski definition) is 4. The smallest absolute Gasteiger partial charge is 0.419 e. The molecule has 190 valence electrons. The zero-order valence-electron chi connectivity index (χ0n) is 19.8. The van der Waals surface area contributed by atoms with Crippen LogP contribution in [0.3, 0.4) is 0 Å². The third-order valence-corrected chi connectivity index (χ3v) is 7.20. The summed E-state index contributed by atoms with van der Waals surface area (Å²) < 4.78 is 63.3. The fourth-order valence-electron chi connectivity index (χ4n) is 5.62. The Hall–Kier alpha value is -3.01. The van der Waals surface area contributed by atoms with Gasteiger partial charge in [-0.3, -0.25) is 0 Å². The van der Waals surface area contributed by atoms with E-state index in [-0.39, 0.29) is 23.1 Å². The zero-order chi connectivity index (χ0) is 25.4. The second-order valence-corrected chi connectivity index (χ2v) is 9.38. The number of carbonyl (C=O) groups excluding carboxylic acids is 1. The van der Waals surface area contributed by atoms with Gasteiger partial charge in [-0.1, -0.05) is 6.07 Å². The first-order chi connectivity index (χ1) is 16.6. The molecule has 4 rings (SSSR count). The molecule has 1 saturated heterocycles. The summed E-state index contributed by atoms with van der Waals surface area (Å²) in [5, 5.41) is 5.30. The number of likely N-dealkylation sites (N-methyl/N-ethyl adjacent to an activating group) is 1. The van der Waals surface area contributed by atoms with Crippen molar-refractivity contribution in [2.45, 2.75) is 36.9 Å². The van der Waals surface area contributed by atoms with Crippen molar-refractivity contribution in [3.8, 4) is 11.5 Å². The summed E-state index contributed by atoms with van der Waals surface area (Å²) in [6, 6.07) is 7.67. The van der Waals surface area contributed by atoms with Crippen molar-refractivity contribution < 1.29 is 31.8 Å². The number of hydrogen-bond donors (Lipinski definition) is 2. The number of nitrogens with one attached hydrogen (secondary N) is 2. The van der Waals surface area contributed by atoms with Gasteiger partial charge in [-0.2, -0.15) is 13.2 Å². The van der Waals surface area contributed by atoms with Gasteiger partial charge in [-0.05, 0) is 68.1 Å². The number of urea groups is 1. The van der Waals surface area contributed by atoms with Gasteiger partial charge in [0.05, 0.1) is 19.8 Å². The van der Waals surface area contributed by atoms with Crippen LogP contribution in [0.4, 0.5) is 28.0 Å². The lowest BCUT2D eigenvalue weighted by molar-refractivity contribution is -0.139. The molecule has 0 spiro atoms. The summed E-state index contributed by atoms with van der Waals surface area (Å²) in [5.41, 5.74) is -0.464. The zero-order valence-corrected chi connectivity index (χ0v) is 19.8. The van der Waals surface area contributed by atoms with Crippen LogP contribution in [0.15, 0.2) is 36.4 Å². The van der Waals surface area contributed by atoms with Crippen molar-refractivity contribution in [3.05, 3.63) is 53.3 Å². The molecule has 0 unspecified atom stereocenters. The molecule has 1 heterocycles. The Kier molecular flexibility index (Phi) is 6.86. The molecule has 3 atom stereocenters. The number of alkyl halides is 3. The molecule has 2 amide bonds. The fraction of sp³-hybridized carbons (Fsp3) is 0.480. The third kappa shape index (κ3) is 5.03. The van der Waals surface area contributed by atoms with Gasteiger partial charge >= 0.3 is 12.2 Å². The van der Waals surface area contributed by atoms with Gasteiger partial charge in [-0.15, -0.1) is 0 Å². The summed E-state index contributed by atoms with van der Waals surface area (Å²) in [5.74, 6) is 0.224. The van der Waals surface area contributed by atoms with E-state index in [1.165, 1.54) is 5.56 Å². The Morgan fingerprint density at radius 2 is 1.86 bits per heavy atom. The van der Waals surface area contributed by atoms with Crippen LogP contribution in [-0.4, -0.2) is 51.3 Å². The molecule has 2 aliphatic rings. The van der Waals surface area contributed by atoms with Crippen molar-refractivity contribution in [2.75, 3.05) is 39.7 Å². The van der Waals surface area contributed by atoms with Gasteiger partial charge in [0.2, 0.25) is 0 Å². The van der Waals surface area contributed by atoms with Crippen molar-refractivity contribution >= 4 is 11.7 Å². The normalized spacial score (nSPS) is 24.5. The third-order valence-electron chi connectivity index (χ3n) is 7.20. The minimum Gasteiger partial charge on any atom is -0.493 e. The number of ether oxygens (including phenoxy) is 2. The average molecular weight is 496 g/mol. The van der Waals surface area contributed by atoms with Crippen LogP contribution in [0.1, 0.15) is 30.4 Å². The summed E-state index contributed by atoms with van der Waals surface area (Å²) in [4.78, 5) is 14.8.